The Bertz CT molecular complexity index is 467. The summed E-state index contributed by atoms with van der Waals surface area (Å²) in [4.78, 5) is 4.25. The SMILES string of the molecule is NCCNc1ccnc2c(N)cccc12. The van der Waals surface area contributed by atoms with Gasteiger partial charge in [-0.2, -0.15) is 0 Å². The van der Waals surface area contributed by atoms with Crippen molar-refractivity contribution in [3.8, 4) is 0 Å². The summed E-state index contributed by atoms with van der Waals surface area (Å²) in [6.45, 7) is 1.35. The summed E-state index contributed by atoms with van der Waals surface area (Å²) < 4.78 is 0. The Morgan fingerprint density at radius 1 is 1.27 bits per heavy atom. The lowest BCUT2D eigenvalue weighted by molar-refractivity contribution is 1.03. The molecule has 0 unspecified atom stereocenters. The Morgan fingerprint density at radius 3 is 2.93 bits per heavy atom. The van der Waals surface area contributed by atoms with Gasteiger partial charge in [0.2, 0.25) is 0 Å². The highest BCUT2D eigenvalue weighted by Gasteiger charge is 2.02. The Hall–Kier alpha value is -1.81. The Balaban J connectivity index is 2.51. The molecule has 2 rings (SSSR count). The molecule has 5 N–H and O–H groups in total. The molecule has 0 radical (unpaired) electrons. The number of pyridine rings is 1. The van der Waals surface area contributed by atoms with E-state index in [9.17, 15) is 0 Å². The van der Waals surface area contributed by atoms with Gasteiger partial charge in [-0.3, -0.25) is 4.98 Å². The molecule has 1 aromatic carbocycles. The topological polar surface area (TPSA) is 77.0 Å². The van der Waals surface area contributed by atoms with E-state index in [0.29, 0.717) is 12.2 Å². The second-order valence-corrected chi connectivity index (χ2v) is 3.32. The molecule has 1 aromatic heterocycles. The minimum Gasteiger partial charge on any atom is -0.397 e. The number of nitrogens with one attached hydrogen (secondary N) is 1. The average Bonchev–Trinajstić information content (AvgIpc) is 2.27. The van der Waals surface area contributed by atoms with E-state index in [-0.39, 0.29) is 0 Å². The first-order valence-electron chi connectivity index (χ1n) is 4.90. The van der Waals surface area contributed by atoms with E-state index in [1.54, 1.807) is 6.20 Å². The fourth-order valence-electron chi connectivity index (χ4n) is 1.56. The number of para-hydroxylation sites is 1. The third-order valence-electron chi connectivity index (χ3n) is 2.26. The molecule has 0 aliphatic heterocycles. The second kappa shape index (κ2) is 4.14. The number of aromatic nitrogens is 1. The molecular weight excluding hydrogens is 188 g/mol. The van der Waals surface area contributed by atoms with Crippen molar-refractivity contribution in [1.82, 2.24) is 4.98 Å². The van der Waals surface area contributed by atoms with Crippen molar-refractivity contribution in [2.75, 3.05) is 24.1 Å². The van der Waals surface area contributed by atoms with Gasteiger partial charge >= 0.3 is 0 Å². The van der Waals surface area contributed by atoms with Crippen LogP contribution < -0.4 is 16.8 Å². The highest BCUT2D eigenvalue weighted by atomic mass is 14.9. The molecule has 0 bridgehead atoms. The molecule has 15 heavy (non-hydrogen) atoms. The molecule has 0 atom stereocenters. The smallest absolute Gasteiger partial charge is 0.0951 e. The van der Waals surface area contributed by atoms with Crippen molar-refractivity contribution in [1.29, 1.82) is 0 Å². The van der Waals surface area contributed by atoms with E-state index in [0.717, 1.165) is 23.1 Å². The monoisotopic (exact) mass is 202 g/mol. The summed E-state index contributed by atoms with van der Waals surface area (Å²) in [6, 6.07) is 7.70. The maximum atomic E-state index is 5.84. The Morgan fingerprint density at radius 2 is 2.13 bits per heavy atom. The van der Waals surface area contributed by atoms with Crippen molar-refractivity contribution in [3.63, 3.8) is 0 Å². The van der Waals surface area contributed by atoms with E-state index in [1.807, 2.05) is 24.3 Å². The van der Waals surface area contributed by atoms with Crippen LogP contribution in [-0.4, -0.2) is 18.1 Å². The van der Waals surface area contributed by atoms with Gasteiger partial charge in [0.25, 0.3) is 0 Å². The molecule has 1 heterocycles. The minimum absolute atomic E-state index is 0.603. The third-order valence-corrected chi connectivity index (χ3v) is 2.26. The van der Waals surface area contributed by atoms with E-state index < -0.39 is 0 Å². The van der Waals surface area contributed by atoms with Crippen molar-refractivity contribution >= 4 is 22.3 Å². The van der Waals surface area contributed by atoms with Gasteiger partial charge in [-0.05, 0) is 12.1 Å². The van der Waals surface area contributed by atoms with Crippen LogP contribution in [0.25, 0.3) is 10.9 Å². The number of benzene rings is 1. The molecule has 4 heteroatoms. The zero-order valence-electron chi connectivity index (χ0n) is 8.40. The van der Waals surface area contributed by atoms with E-state index in [4.69, 9.17) is 11.5 Å². The zero-order chi connectivity index (χ0) is 10.7. The molecule has 0 fully saturated rings. The third kappa shape index (κ3) is 1.85. The van der Waals surface area contributed by atoms with Gasteiger partial charge < -0.3 is 16.8 Å². The van der Waals surface area contributed by atoms with Crippen molar-refractivity contribution in [3.05, 3.63) is 30.5 Å². The molecule has 0 saturated heterocycles. The van der Waals surface area contributed by atoms with Crippen LogP contribution in [0.3, 0.4) is 0 Å². The number of fused-ring (bicyclic) bond motifs is 1. The normalized spacial score (nSPS) is 10.5. The predicted octanol–water partition coefficient (Wildman–Crippen LogP) is 1.19. The summed E-state index contributed by atoms with van der Waals surface area (Å²) in [5.74, 6) is 0. The number of nitrogen functional groups attached to an aromatic ring is 1. The lowest BCUT2D eigenvalue weighted by Gasteiger charge is -2.08. The number of anilines is 2. The molecule has 0 aliphatic carbocycles. The van der Waals surface area contributed by atoms with Crippen LogP contribution in [-0.2, 0) is 0 Å². The molecule has 0 aliphatic rings. The highest BCUT2D eigenvalue weighted by molar-refractivity contribution is 5.97. The van der Waals surface area contributed by atoms with Crippen LogP contribution in [0.2, 0.25) is 0 Å². The van der Waals surface area contributed by atoms with Gasteiger partial charge in [-0.1, -0.05) is 12.1 Å². The number of rotatable bonds is 3. The highest BCUT2D eigenvalue weighted by Crippen LogP contribution is 2.24. The van der Waals surface area contributed by atoms with Gasteiger partial charge in [-0.25, -0.2) is 0 Å². The minimum atomic E-state index is 0.603. The second-order valence-electron chi connectivity index (χ2n) is 3.32. The standard InChI is InChI=1S/C11H14N4/c12-5-7-14-10-4-6-15-11-8(10)2-1-3-9(11)13/h1-4,6H,5,7,12-13H2,(H,14,15). The number of nitrogens with zero attached hydrogens (tertiary/aromatic N) is 1. The van der Waals surface area contributed by atoms with E-state index >= 15 is 0 Å². The first-order valence-corrected chi connectivity index (χ1v) is 4.90. The Kier molecular flexibility index (Phi) is 2.69. The summed E-state index contributed by atoms with van der Waals surface area (Å²) in [7, 11) is 0. The summed E-state index contributed by atoms with van der Waals surface area (Å²) in [5.41, 5.74) is 13.8. The first kappa shape index (κ1) is 9.73. The van der Waals surface area contributed by atoms with E-state index in [1.165, 1.54) is 0 Å². The zero-order valence-corrected chi connectivity index (χ0v) is 8.40. The quantitative estimate of drug-likeness (QED) is 0.653. The summed E-state index contributed by atoms with van der Waals surface area (Å²) >= 11 is 0. The van der Waals surface area contributed by atoms with Crippen molar-refractivity contribution in [2.45, 2.75) is 0 Å². The number of hydrogen-bond acceptors (Lipinski definition) is 4. The maximum absolute atomic E-state index is 5.84. The van der Waals surface area contributed by atoms with Crippen LogP contribution >= 0.6 is 0 Å². The number of nitrogens with two attached hydrogens (primary N) is 2. The predicted molar refractivity (Wildman–Crippen MR) is 63.7 cm³/mol. The summed E-state index contributed by atoms with van der Waals surface area (Å²) in [5, 5.41) is 4.28. The van der Waals surface area contributed by atoms with Gasteiger partial charge in [-0.15, -0.1) is 0 Å². The lowest BCUT2D eigenvalue weighted by atomic mass is 10.1. The maximum Gasteiger partial charge on any atom is 0.0951 e. The molecule has 0 saturated carbocycles. The fourth-order valence-corrected chi connectivity index (χ4v) is 1.56. The van der Waals surface area contributed by atoms with Gasteiger partial charge in [0.15, 0.2) is 0 Å². The van der Waals surface area contributed by atoms with Crippen LogP contribution in [0.1, 0.15) is 0 Å². The summed E-state index contributed by atoms with van der Waals surface area (Å²) in [6.07, 6.45) is 1.75. The largest absolute Gasteiger partial charge is 0.397 e. The molecule has 0 spiro atoms. The van der Waals surface area contributed by atoms with Gasteiger partial charge in [0, 0.05) is 30.4 Å². The van der Waals surface area contributed by atoms with Crippen molar-refractivity contribution in [2.24, 2.45) is 5.73 Å². The fraction of sp³-hybridized carbons (Fsp3) is 0.182. The molecule has 0 amide bonds. The molecular formula is C11H14N4. The molecule has 2 aromatic rings. The first-order chi connectivity index (χ1) is 7.33. The number of hydrogen-bond donors (Lipinski definition) is 3. The van der Waals surface area contributed by atoms with E-state index in [2.05, 4.69) is 10.3 Å². The van der Waals surface area contributed by atoms with Crippen LogP contribution in [0.5, 0.6) is 0 Å². The van der Waals surface area contributed by atoms with Crippen LogP contribution in [0, 0.1) is 0 Å². The van der Waals surface area contributed by atoms with Crippen molar-refractivity contribution < 1.29 is 0 Å². The molecule has 4 nitrogen and oxygen atoms in total. The van der Waals surface area contributed by atoms with Gasteiger partial charge in [0.05, 0.1) is 11.2 Å². The van der Waals surface area contributed by atoms with Crippen LogP contribution in [0.4, 0.5) is 11.4 Å². The average molecular weight is 202 g/mol. The lowest BCUT2D eigenvalue weighted by Crippen LogP contribution is -2.13. The van der Waals surface area contributed by atoms with Crippen LogP contribution in [0.15, 0.2) is 30.5 Å². The Labute approximate surface area is 88.3 Å². The molecule has 78 valence electrons. The van der Waals surface area contributed by atoms with Gasteiger partial charge in [0.1, 0.15) is 0 Å².